The van der Waals surface area contributed by atoms with E-state index in [2.05, 4.69) is 15.1 Å². The molecular weight excluding hydrogens is 331 g/mol. The van der Waals surface area contributed by atoms with Crippen LogP contribution in [0.4, 0.5) is 10.1 Å². The third-order valence-corrected chi connectivity index (χ3v) is 3.21. The molecule has 0 fully saturated rings. The van der Waals surface area contributed by atoms with E-state index in [1.165, 1.54) is 26.1 Å². The van der Waals surface area contributed by atoms with Crippen LogP contribution in [0.25, 0.3) is 0 Å². The number of nitrogens with zero attached hydrogens (tertiary/aromatic N) is 4. The molecule has 120 valence electrons. The fraction of sp³-hybridized carbons (Fsp3) is 0.154. The molecule has 0 amide bonds. The maximum Gasteiger partial charge on any atom is 0.390 e. The number of aryl methyl sites for hydroxylation is 2. The van der Waals surface area contributed by atoms with Gasteiger partial charge in [-0.25, -0.2) is 9.18 Å². The van der Waals surface area contributed by atoms with Gasteiger partial charge < -0.3 is 4.84 Å². The predicted octanol–water partition coefficient (Wildman–Crippen LogP) is 2.62. The molecule has 0 atom stereocenters. The Balaban J connectivity index is 2.24. The number of rotatable bonds is 4. The highest BCUT2D eigenvalue weighted by Crippen LogP contribution is 2.23. The molecule has 2 aromatic rings. The van der Waals surface area contributed by atoms with Gasteiger partial charge in [-0.3, -0.25) is 14.8 Å². The highest BCUT2D eigenvalue weighted by Gasteiger charge is 2.30. The summed E-state index contributed by atoms with van der Waals surface area (Å²) < 4.78 is 14.5. The number of carbonyl (C=O) groups excluding carboxylic acids is 1. The van der Waals surface area contributed by atoms with Gasteiger partial charge in [-0.05, 0) is 19.1 Å². The van der Waals surface area contributed by atoms with Crippen molar-refractivity contribution in [1.29, 1.82) is 0 Å². The molecule has 1 heterocycles. The van der Waals surface area contributed by atoms with Gasteiger partial charge in [-0.1, -0.05) is 22.8 Å². The maximum absolute atomic E-state index is 13.5. The molecule has 1 aromatic carbocycles. The van der Waals surface area contributed by atoms with E-state index in [9.17, 15) is 19.3 Å². The van der Waals surface area contributed by atoms with Gasteiger partial charge in [0.1, 0.15) is 11.5 Å². The highest BCUT2D eigenvalue weighted by molar-refractivity contribution is 6.33. The molecule has 0 saturated heterocycles. The average molecular weight is 341 g/mol. The van der Waals surface area contributed by atoms with E-state index in [1.807, 2.05) is 0 Å². The second kappa shape index (κ2) is 6.53. The van der Waals surface area contributed by atoms with Crippen LogP contribution >= 0.6 is 11.6 Å². The largest absolute Gasteiger partial charge is 0.390 e. The van der Waals surface area contributed by atoms with Crippen LogP contribution in [0.1, 0.15) is 21.7 Å². The van der Waals surface area contributed by atoms with Gasteiger partial charge in [0.05, 0.1) is 21.7 Å². The van der Waals surface area contributed by atoms with Crippen LogP contribution in [0.2, 0.25) is 5.02 Å². The predicted molar refractivity (Wildman–Crippen MR) is 79.0 cm³/mol. The smallest absolute Gasteiger partial charge is 0.311 e. The summed E-state index contributed by atoms with van der Waals surface area (Å²) in [6.07, 6.45) is 0.907. The fourth-order valence-electron chi connectivity index (χ4n) is 1.90. The molecule has 0 aliphatic heterocycles. The summed E-state index contributed by atoms with van der Waals surface area (Å²) in [6, 6.07) is 4.00. The van der Waals surface area contributed by atoms with Crippen LogP contribution in [0.15, 0.2) is 23.4 Å². The van der Waals surface area contributed by atoms with Crippen molar-refractivity contribution in [3.05, 3.63) is 56.1 Å². The topological polar surface area (TPSA) is 99.6 Å². The second-order valence-corrected chi connectivity index (χ2v) is 4.82. The highest BCUT2D eigenvalue weighted by atomic mass is 35.5. The number of aromatic nitrogens is 2. The Bertz CT molecular complexity index is 798. The normalized spacial score (nSPS) is 11.0. The Morgan fingerprint density at radius 3 is 2.87 bits per heavy atom. The Hall–Kier alpha value is -2.81. The molecule has 0 aliphatic carbocycles. The molecule has 0 radical (unpaired) electrons. The van der Waals surface area contributed by atoms with E-state index in [-0.39, 0.29) is 22.0 Å². The molecular formula is C13H10ClFN4O4. The van der Waals surface area contributed by atoms with Crippen molar-refractivity contribution in [1.82, 2.24) is 9.78 Å². The summed E-state index contributed by atoms with van der Waals surface area (Å²) in [7, 11) is 1.36. The molecule has 0 bridgehead atoms. The lowest BCUT2D eigenvalue weighted by Crippen LogP contribution is -2.10. The monoisotopic (exact) mass is 340 g/mol. The molecule has 23 heavy (non-hydrogen) atoms. The molecule has 10 heteroatoms. The SMILES string of the molecule is Cc1nn(C)c(C(=O)O/N=C/c2c(F)cccc2Cl)c1[N+](=O)[O-]. The third-order valence-electron chi connectivity index (χ3n) is 2.88. The molecule has 0 unspecified atom stereocenters. The van der Waals surface area contributed by atoms with Crippen LogP contribution in [0, 0.1) is 22.9 Å². The first kappa shape index (κ1) is 16.6. The number of carbonyl (C=O) groups is 1. The zero-order chi connectivity index (χ0) is 17.1. The van der Waals surface area contributed by atoms with Crippen molar-refractivity contribution in [2.75, 3.05) is 0 Å². The minimum absolute atomic E-state index is 0.0607. The minimum Gasteiger partial charge on any atom is -0.311 e. The Kier molecular flexibility index (Phi) is 4.70. The first-order valence-electron chi connectivity index (χ1n) is 6.19. The van der Waals surface area contributed by atoms with Crippen molar-refractivity contribution in [2.24, 2.45) is 12.2 Å². The third kappa shape index (κ3) is 3.34. The maximum atomic E-state index is 13.5. The molecule has 0 spiro atoms. The van der Waals surface area contributed by atoms with Crippen LogP contribution in [-0.2, 0) is 11.9 Å². The van der Waals surface area contributed by atoms with Crippen molar-refractivity contribution >= 4 is 29.5 Å². The van der Waals surface area contributed by atoms with E-state index in [4.69, 9.17) is 11.6 Å². The Morgan fingerprint density at radius 1 is 1.57 bits per heavy atom. The van der Waals surface area contributed by atoms with Gasteiger partial charge in [-0.15, -0.1) is 0 Å². The van der Waals surface area contributed by atoms with Gasteiger partial charge in [0.25, 0.3) is 0 Å². The number of halogens is 2. The number of hydrogen-bond acceptors (Lipinski definition) is 6. The lowest BCUT2D eigenvalue weighted by molar-refractivity contribution is -0.385. The molecule has 2 rings (SSSR count). The van der Waals surface area contributed by atoms with Crippen molar-refractivity contribution in [3.8, 4) is 0 Å². The number of oxime groups is 1. The zero-order valence-corrected chi connectivity index (χ0v) is 12.7. The second-order valence-electron chi connectivity index (χ2n) is 4.41. The van der Waals surface area contributed by atoms with Crippen LogP contribution < -0.4 is 0 Å². The minimum atomic E-state index is -1.09. The summed E-state index contributed by atoms with van der Waals surface area (Å²) in [5.74, 6) is -1.75. The summed E-state index contributed by atoms with van der Waals surface area (Å²) in [4.78, 5) is 26.7. The Labute approximate surface area is 134 Å². The summed E-state index contributed by atoms with van der Waals surface area (Å²) in [5.41, 5.74) is -0.857. The van der Waals surface area contributed by atoms with Crippen LogP contribution in [0.3, 0.4) is 0 Å². The van der Waals surface area contributed by atoms with E-state index >= 15 is 0 Å². The average Bonchev–Trinajstić information content (AvgIpc) is 2.76. The first-order valence-corrected chi connectivity index (χ1v) is 6.57. The van der Waals surface area contributed by atoms with E-state index in [0.717, 1.165) is 17.0 Å². The molecule has 0 saturated carbocycles. The lowest BCUT2D eigenvalue weighted by Gasteiger charge is -2.00. The van der Waals surface area contributed by atoms with Gasteiger partial charge in [0.2, 0.25) is 5.69 Å². The number of benzene rings is 1. The molecule has 8 nitrogen and oxygen atoms in total. The van der Waals surface area contributed by atoms with Gasteiger partial charge in [-0.2, -0.15) is 5.10 Å². The van der Waals surface area contributed by atoms with Crippen LogP contribution in [0.5, 0.6) is 0 Å². The van der Waals surface area contributed by atoms with Gasteiger partial charge in [0.15, 0.2) is 0 Å². The molecule has 1 aromatic heterocycles. The standard InChI is InChI=1S/C13H10ClFN4O4/c1-7-11(19(21)22)12(18(2)17-7)13(20)23-16-6-8-9(14)4-3-5-10(8)15/h3-6H,1-2H3/b16-6+. The van der Waals surface area contributed by atoms with E-state index in [0.29, 0.717) is 0 Å². The van der Waals surface area contributed by atoms with Gasteiger partial charge in [0, 0.05) is 7.05 Å². The Morgan fingerprint density at radius 2 is 2.26 bits per heavy atom. The first-order chi connectivity index (χ1) is 10.8. The van der Waals surface area contributed by atoms with Crippen LogP contribution in [-0.4, -0.2) is 26.9 Å². The summed E-state index contributed by atoms with van der Waals surface area (Å²) in [5, 5.41) is 18.2. The summed E-state index contributed by atoms with van der Waals surface area (Å²) >= 11 is 5.78. The quantitative estimate of drug-likeness (QED) is 0.368. The van der Waals surface area contributed by atoms with Gasteiger partial charge >= 0.3 is 11.7 Å². The number of hydrogen-bond donors (Lipinski definition) is 0. The van der Waals surface area contributed by atoms with Crippen molar-refractivity contribution in [3.63, 3.8) is 0 Å². The number of nitro groups is 1. The lowest BCUT2D eigenvalue weighted by atomic mass is 10.2. The summed E-state index contributed by atoms with van der Waals surface area (Å²) in [6.45, 7) is 1.39. The zero-order valence-electron chi connectivity index (χ0n) is 12.0. The van der Waals surface area contributed by atoms with Crippen molar-refractivity contribution in [2.45, 2.75) is 6.92 Å². The van der Waals surface area contributed by atoms with E-state index < -0.39 is 22.4 Å². The molecule has 0 N–H and O–H groups in total. The fourth-order valence-corrected chi connectivity index (χ4v) is 2.11. The molecule has 0 aliphatic rings. The van der Waals surface area contributed by atoms with E-state index in [1.54, 1.807) is 0 Å². The van der Waals surface area contributed by atoms with Crippen molar-refractivity contribution < 1.29 is 18.9 Å².